The van der Waals surface area contributed by atoms with Gasteiger partial charge in [0.05, 0.1) is 6.54 Å². The molecule has 0 unspecified atom stereocenters. The third-order valence-corrected chi connectivity index (χ3v) is 3.60. The quantitative estimate of drug-likeness (QED) is 0.790. The van der Waals surface area contributed by atoms with Crippen molar-refractivity contribution in [1.29, 1.82) is 0 Å². The van der Waals surface area contributed by atoms with Crippen LogP contribution in [0.4, 0.5) is 5.95 Å². The van der Waals surface area contributed by atoms with Crippen LogP contribution in [0.3, 0.4) is 0 Å². The first kappa shape index (κ1) is 12.2. The van der Waals surface area contributed by atoms with Crippen LogP contribution in [0.15, 0.2) is 41.0 Å². The average Bonchev–Trinajstić information content (AvgIpc) is 2.68. The van der Waals surface area contributed by atoms with E-state index in [1.807, 2.05) is 22.8 Å². The molecule has 0 aliphatic rings. The van der Waals surface area contributed by atoms with Crippen LogP contribution < -0.4 is 5.73 Å². The number of aryl methyl sites for hydroxylation is 1. The second kappa shape index (κ2) is 4.66. The number of aromatic nitrogens is 3. The lowest BCUT2D eigenvalue weighted by Crippen LogP contribution is -2.06. The molecule has 96 valence electrons. The fraction of sp³-hybridized carbons (Fsp3) is 0.143. The van der Waals surface area contributed by atoms with Gasteiger partial charge in [0, 0.05) is 10.7 Å². The molecule has 0 radical (unpaired) electrons. The molecule has 2 aromatic heterocycles. The molecule has 3 aromatic rings. The van der Waals surface area contributed by atoms with Gasteiger partial charge in [0.2, 0.25) is 5.95 Å². The predicted molar refractivity (Wildman–Crippen MR) is 79.9 cm³/mol. The van der Waals surface area contributed by atoms with Crippen molar-refractivity contribution in [3.63, 3.8) is 0 Å². The molecular weight excluding hydrogens is 304 g/mol. The lowest BCUT2D eigenvalue weighted by Gasteiger charge is -2.08. The van der Waals surface area contributed by atoms with Gasteiger partial charge < -0.3 is 5.73 Å². The Kier molecular flexibility index (Phi) is 2.98. The number of nitrogen functional groups attached to an aromatic ring is 1. The first-order valence-electron chi connectivity index (χ1n) is 5.97. The van der Waals surface area contributed by atoms with Gasteiger partial charge in [0.1, 0.15) is 5.52 Å². The van der Waals surface area contributed by atoms with E-state index < -0.39 is 0 Å². The van der Waals surface area contributed by atoms with E-state index >= 15 is 0 Å². The van der Waals surface area contributed by atoms with Gasteiger partial charge in [-0.05, 0) is 40.0 Å². The zero-order valence-corrected chi connectivity index (χ0v) is 12.1. The molecule has 0 fully saturated rings. The van der Waals surface area contributed by atoms with Crippen molar-refractivity contribution in [1.82, 2.24) is 14.5 Å². The van der Waals surface area contributed by atoms with Gasteiger partial charge in [0.15, 0.2) is 5.65 Å². The van der Waals surface area contributed by atoms with E-state index in [-0.39, 0.29) is 0 Å². The molecule has 2 heterocycles. The number of benzene rings is 1. The fourth-order valence-electron chi connectivity index (χ4n) is 2.12. The summed E-state index contributed by atoms with van der Waals surface area (Å²) in [7, 11) is 0. The summed E-state index contributed by atoms with van der Waals surface area (Å²) in [6, 6.07) is 10.2. The summed E-state index contributed by atoms with van der Waals surface area (Å²) < 4.78 is 2.84. The molecule has 0 saturated heterocycles. The smallest absolute Gasteiger partial charge is 0.202 e. The summed E-state index contributed by atoms with van der Waals surface area (Å²) in [5, 5.41) is 0. The average molecular weight is 317 g/mol. The van der Waals surface area contributed by atoms with Crippen molar-refractivity contribution in [2.24, 2.45) is 0 Å². The lowest BCUT2D eigenvalue weighted by atomic mass is 10.1. The van der Waals surface area contributed by atoms with Gasteiger partial charge >= 0.3 is 0 Å². The molecule has 0 amide bonds. The second-order valence-corrected chi connectivity index (χ2v) is 5.39. The van der Waals surface area contributed by atoms with Crippen LogP contribution in [0, 0.1) is 6.92 Å². The van der Waals surface area contributed by atoms with Crippen LogP contribution in [0.5, 0.6) is 0 Å². The molecule has 0 aliphatic heterocycles. The summed E-state index contributed by atoms with van der Waals surface area (Å²) in [6.07, 6.45) is 1.76. The number of anilines is 1. The van der Waals surface area contributed by atoms with Gasteiger partial charge in [-0.3, -0.25) is 4.57 Å². The van der Waals surface area contributed by atoms with E-state index in [2.05, 4.69) is 45.0 Å². The Hall–Kier alpha value is -1.88. The molecule has 0 saturated carbocycles. The van der Waals surface area contributed by atoms with Gasteiger partial charge in [-0.25, -0.2) is 9.97 Å². The SMILES string of the molecule is Cc1ccccc1Cn1c(N)nc2cc(Br)cnc21. The maximum Gasteiger partial charge on any atom is 0.202 e. The Morgan fingerprint density at radius 3 is 2.89 bits per heavy atom. The minimum atomic E-state index is 0.490. The number of rotatable bonds is 2. The number of nitrogens with zero attached hydrogens (tertiary/aromatic N) is 3. The first-order valence-corrected chi connectivity index (χ1v) is 6.76. The Morgan fingerprint density at radius 1 is 1.32 bits per heavy atom. The largest absolute Gasteiger partial charge is 0.369 e. The lowest BCUT2D eigenvalue weighted by molar-refractivity contribution is 0.822. The van der Waals surface area contributed by atoms with E-state index in [1.54, 1.807) is 6.20 Å². The number of pyridine rings is 1. The fourth-order valence-corrected chi connectivity index (χ4v) is 2.44. The van der Waals surface area contributed by atoms with E-state index in [1.165, 1.54) is 11.1 Å². The van der Waals surface area contributed by atoms with Gasteiger partial charge in [0.25, 0.3) is 0 Å². The molecule has 0 spiro atoms. The van der Waals surface area contributed by atoms with Crippen LogP contribution >= 0.6 is 15.9 Å². The zero-order valence-electron chi connectivity index (χ0n) is 10.5. The van der Waals surface area contributed by atoms with Gasteiger partial charge in [-0.2, -0.15) is 0 Å². The highest BCUT2D eigenvalue weighted by atomic mass is 79.9. The maximum atomic E-state index is 6.00. The monoisotopic (exact) mass is 316 g/mol. The molecule has 3 rings (SSSR count). The molecule has 19 heavy (non-hydrogen) atoms. The Bertz CT molecular complexity index is 748. The minimum Gasteiger partial charge on any atom is -0.369 e. The van der Waals surface area contributed by atoms with Crippen LogP contribution in [0.2, 0.25) is 0 Å². The third kappa shape index (κ3) is 2.21. The van der Waals surface area contributed by atoms with Crippen molar-refractivity contribution in [3.05, 3.63) is 52.1 Å². The highest BCUT2D eigenvalue weighted by Crippen LogP contribution is 2.21. The zero-order chi connectivity index (χ0) is 13.4. The number of imidazole rings is 1. The summed E-state index contributed by atoms with van der Waals surface area (Å²) in [5.41, 5.74) is 10.1. The topological polar surface area (TPSA) is 56.7 Å². The van der Waals surface area contributed by atoms with E-state index in [0.717, 1.165) is 15.6 Å². The van der Waals surface area contributed by atoms with Crippen molar-refractivity contribution >= 4 is 33.0 Å². The molecule has 0 aliphatic carbocycles. The summed E-state index contributed by atoms with van der Waals surface area (Å²) in [5.74, 6) is 0.490. The molecule has 5 heteroatoms. The third-order valence-electron chi connectivity index (χ3n) is 3.17. The molecule has 4 nitrogen and oxygen atoms in total. The molecule has 2 N–H and O–H groups in total. The highest BCUT2D eigenvalue weighted by Gasteiger charge is 2.10. The molecule has 0 bridgehead atoms. The second-order valence-electron chi connectivity index (χ2n) is 4.48. The molecular formula is C14H13BrN4. The van der Waals surface area contributed by atoms with Crippen LogP contribution in [0.25, 0.3) is 11.2 Å². The summed E-state index contributed by atoms with van der Waals surface area (Å²) in [6.45, 7) is 2.78. The highest BCUT2D eigenvalue weighted by molar-refractivity contribution is 9.10. The van der Waals surface area contributed by atoms with Crippen LogP contribution in [-0.2, 0) is 6.54 Å². The van der Waals surface area contributed by atoms with Crippen molar-refractivity contribution < 1.29 is 0 Å². The standard InChI is InChI=1S/C14H13BrN4/c1-9-4-2-3-5-10(9)8-19-13-12(18-14(19)16)6-11(15)7-17-13/h2-7H,8H2,1H3,(H2,16,18). The molecule has 0 atom stereocenters. The van der Waals surface area contributed by atoms with Crippen molar-refractivity contribution in [2.45, 2.75) is 13.5 Å². The van der Waals surface area contributed by atoms with Crippen molar-refractivity contribution in [3.8, 4) is 0 Å². The van der Waals surface area contributed by atoms with Crippen molar-refractivity contribution in [2.75, 3.05) is 5.73 Å². The minimum absolute atomic E-state index is 0.490. The summed E-state index contributed by atoms with van der Waals surface area (Å²) in [4.78, 5) is 8.75. The number of nitrogens with two attached hydrogens (primary N) is 1. The van der Waals surface area contributed by atoms with Gasteiger partial charge in [-0.15, -0.1) is 0 Å². The maximum absolute atomic E-state index is 6.00. The number of halogens is 1. The van der Waals surface area contributed by atoms with Crippen LogP contribution in [-0.4, -0.2) is 14.5 Å². The van der Waals surface area contributed by atoms with Gasteiger partial charge in [-0.1, -0.05) is 24.3 Å². The normalized spacial score (nSPS) is 11.1. The number of hydrogen-bond acceptors (Lipinski definition) is 3. The molecule has 1 aromatic carbocycles. The Morgan fingerprint density at radius 2 is 2.11 bits per heavy atom. The number of fused-ring (bicyclic) bond motifs is 1. The Balaban J connectivity index is 2.10. The Labute approximate surface area is 119 Å². The van der Waals surface area contributed by atoms with E-state index in [4.69, 9.17) is 5.73 Å². The van der Waals surface area contributed by atoms with Crippen LogP contribution in [0.1, 0.15) is 11.1 Å². The van der Waals surface area contributed by atoms with E-state index in [0.29, 0.717) is 12.5 Å². The first-order chi connectivity index (χ1) is 9.15. The number of hydrogen-bond donors (Lipinski definition) is 1. The summed E-state index contributed by atoms with van der Waals surface area (Å²) >= 11 is 3.39. The van der Waals surface area contributed by atoms with E-state index in [9.17, 15) is 0 Å². The predicted octanol–water partition coefficient (Wildman–Crippen LogP) is 3.13.